The smallest absolute Gasteiger partial charge is 0.119 e. The number of fused-ring (bicyclic) bond motifs is 1. The summed E-state index contributed by atoms with van der Waals surface area (Å²) in [6.07, 6.45) is 5.34. The molecule has 1 aromatic carbocycles. The van der Waals surface area contributed by atoms with Gasteiger partial charge in [0.2, 0.25) is 0 Å². The van der Waals surface area contributed by atoms with E-state index in [0.29, 0.717) is 11.8 Å². The SMILES string of the molecule is C=CC1CN(C(CC)[C@@H](O)c2ccnc3ccc(OC)cc23)CCC1C. The third-order valence-corrected chi connectivity index (χ3v) is 5.90. The van der Waals surface area contributed by atoms with Gasteiger partial charge in [0.25, 0.3) is 0 Å². The predicted molar refractivity (Wildman–Crippen MR) is 106 cm³/mol. The minimum Gasteiger partial charge on any atom is -0.497 e. The van der Waals surface area contributed by atoms with Crippen molar-refractivity contribution in [1.82, 2.24) is 9.88 Å². The summed E-state index contributed by atoms with van der Waals surface area (Å²) >= 11 is 0. The standard InChI is InChI=1S/C22H30N2O2/c1-5-16-14-24(12-10-15(16)3)21(6-2)22(25)18-9-11-23-20-8-7-17(26-4)13-19(18)20/h5,7-9,11,13,15-16,21-22,25H,1,6,10,12,14H2,2-4H3/t15?,16?,21?,22-/m0/s1. The number of hydrogen-bond acceptors (Lipinski definition) is 4. The van der Waals surface area contributed by atoms with Crippen LogP contribution in [0, 0.1) is 11.8 Å². The molecule has 0 bridgehead atoms. The number of nitrogens with zero attached hydrogens (tertiary/aromatic N) is 2. The van der Waals surface area contributed by atoms with E-state index in [1.54, 1.807) is 13.3 Å². The van der Waals surface area contributed by atoms with Gasteiger partial charge in [-0.2, -0.15) is 0 Å². The van der Waals surface area contributed by atoms with Gasteiger partial charge in [-0.05, 0) is 61.1 Å². The molecule has 140 valence electrons. The van der Waals surface area contributed by atoms with Crippen LogP contribution in [0.25, 0.3) is 10.9 Å². The van der Waals surface area contributed by atoms with E-state index in [9.17, 15) is 5.11 Å². The Hall–Kier alpha value is -1.91. The van der Waals surface area contributed by atoms with Gasteiger partial charge in [-0.3, -0.25) is 9.88 Å². The van der Waals surface area contributed by atoms with E-state index in [4.69, 9.17) is 4.74 Å². The van der Waals surface area contributed by atoms with Gasteiger partial charge in [0.15, 0.2) is 0 Å². The highest BCUT2D eigenvalue weighted by atomic mass is 16.5. The first-order valence-electron chi connectivity index (χ1n) is 9.56. The van der Waals surface area contributed by atoms with E-state index in [1.165, 1.54) is 0 Å². The maximum absolute atomic E-state index is 11.3. The number of likely N-dealkylation sites (tertiary alicyclic amines) is 1. The molecule has 2 aromatic rings. The van der Waals surface area contributed by atoms with Crippen LogP contribution in [0.1, 0.15) is 38.4 Å². The Morgan fingerprint density at radius 3 is 2.92 bits per heavy atom. The fraction of sp³-hybridized carbons (Fsp3) is 0.500. The van der Waals surface area contributed by atoms with Crippen LogP contribution in [0.5, 0.6) is 5.75 Å². The van der Waals surface area contributed by atoms with Gasteiger partial charge in [0.05, 0.1) is 18.7 Å². The van der Waals surface area contributed by atoms with Crippen LogP contribution in [0.2, 0.25) is 0 Å². The van der Waals surface area contributed by atoms with Crippen molar-refractivity contribution in [1.29, 1.82) is 0 Å². The van der Waals surface area contributed by atoms with Crippen molar-refractivity contribution in [2.75, 3.05) is 20.2 Å². The van der Waals surface area contributed by atoms with Gasteiger partial charge in [-0.25, -0.2) is 0 Å². The maximum Gasteiger partial charge on any atom is 0.119 e. The minimum atomic E-state index is -0.559. The lowest BCUT2D eigenvalue weighted by atomic mass is 9.85. The van der Waals surface area contributed by atoms with Gasteiger partial charge in [-0.15, -0.1) is 6.58 Å². The second-order valence-electron chi connectivity index (χ2n) is 7.36. The fourth-order valence-corrected chi connectivity index (χ4v) is 4.15. The average molecular weight is 354 g/mol. The summed E-state index contributed by atoms with van der Waals surface area (Å²) in [4.78, 5) is 6.87. The summed E-state index contributed by atoms with van der Waals surface area (Å²) in [6, 6.07) is 7.85. The van der Waals surface area contributed by atoms with E-state index in [-0.39, 0.29) is 6.04 Å². The van der Waals surface area contributed by atoms with E-state index in [0.717, 1.165) is 48.1 Å². The lowest BCUT2D eigenvalue weighted by Gasteiger charge is -2.42. The van der Waals surface area contributed by atoms with Crippen molar-refractivity contribution in [2.45, 2.75) is 38.8 Å². The molecule has 0 radical (unpaired) electrons. The van der Waals surface area contributed by atoms with Crippen LogP contribution in [0.15, 0.2) is 43.1 Å². The topological polar surface area (TPSA) is 45.6 Å². The van der Waals surface area contributed by atoms with Gasteiger partial charge < -0.3 is 9.84 Å². The van der Waals surface area contributed by atoms with E-state index >= 15 is 0 Å². The molecule has 0 aliphatic carbocycles. The second kappa shape index (κ2) is 8.19. The third-order valence-electron chi connectivity index (χ3n) is 5.90. The Labute approximate surface area is 156 Å². The quantitative estimate of drug-likeness (QED) is 0.790. The van der Waals surface area contributed by atoms with Crippen molar-refractivity contribution in [3.8, 4) is 5.75 Å². The number of pyridine rings is 1. The molecule has 1 fully saturated rings. The van der Waals surface area contributed by atoms with Crippen LogP contribution in [-0.2, 0) is 0 Å². The zero-order valence-corrected chi connectivity index (χ0v) is 16.1. The van der Waals surface area contributed by atoms with Crippen molar-refractivity contribution in [2.24, 2.45) is 11.8 Å². The molecule has 4 heteroatoms. The molecule has 1 N–H and O–H groups in total. The number of aliphatic hydroxyl groups excluding tert-OH is 1. The van der Waals surface area contributed by atoms with Crippen LogP contribution in [0.3, 0.4) is 0 Å². The molecular weight excluding hydrogens is 324 g/mol. The van der Waals surface area contributed by atoms with Crippen LogP contribution in [0.4, 0.5) is 0 Å². The van der Waals surface area contributed by atoms with Crippen molar-refractivity contribution >= 4 is 10.9 Å². The first kappa shape index (κ1) is 18.9. The molecule has 1 saturated heterocycles. The average Bonchev–Trinajstić information content (AvgIpc) is 2.68. The molecule has 26 heavy (non-hydrogen) atoms. The Balaban J connectivity index is 1.92. The van der Waals surface area contributed by atoms with Crippen molar-refractivity contribution in [3.05, 3.63) is 48.7 Å². The van der Waals surface area contributed by atoms with Crippen LogP contribution in [-0.4, -0.2) is 41.2 Å². The minimum absolute atomic E-state index is 0.0850. The molecule has 3 unspecified atom stereocenters. The normalized spacial score (nSPS) is 23.5. The molecule has 0 saturated carbocycles. The highest BCUT2D eigenvalue weighted by Crippen LogP contribution is 2.34. The molecule has 0 amide bonds. The predicted octanol–water partition coefficient (Wildman–Crippen LogP) is 4.20. The zero-order valence-electron chi connectivity index (χ0n) is 16.1. The number of hydrogen-bond donors (Lipinski definition) is 1. The molecule has 0 spiro atoms. The second-order valence-corrected chi connectivity index (χ2v) is 7.36. The van der Waals surface area contributed by atoms with Gasteiger partial charge in [0.1, 0.15) is 5.75 Å². The number of piperidine rings is 1. The number of ether oxygens (including phenoxy) is 1. The van der Waals surface area contributed by atoms with Crippen LogP contribution < -0.4 is 4.74 Å². The van der Waals surface area contributed by atoms with E-state index in [2.05, 4.69) is 36.4 Å². The molecular formula is C22H30N2O2. The van der Waals surface area contributed by atoms with Crippen LogP contribution >= 0.6 is 0 Å². The molecule has 1 aliphatic rings. The van der Waals surface area contributed by atoms with E-state index in [1.807, 2.05) is 24.3 Å². The summed E-state index contributed by atoms with van der Waals surface area (Å²) in [5, 5.41) is 12.2. The molecule has 4 nitrogen and oxygen atoms in total. The zero-order chi connectivity index (χ0) is 18.7. The highest BCUT2D eigenvalue weighted by molar-refractivity contribution is 5.83. The summed E-state index contributed by atoms with van der Waals surface area (Å²) in [6.45, 7) is 10.4. The van der Waals surface area contributed by atoms with Crippen molar-refractivity contribution in [3.63, 3.8) is 0 Å². The lowest BCUT2D eigenvalue weighted by molar-refractivity contribution is 0.0169. The summed E-state index contributed by atoms with van der Waals surface area (Å²) in [5.41, 5.74) is 1.81. The number of rotatable bonds is 6. The Morgan fingerprint density at radius 2 is 2.23 bits per heavy atom. The summed E-state index contributed by atoms with van der Waals surface area (Å²) < 4.78 is 5.37. The first-order chi connectivity index (χ1) is 12.6. The number of aliphatic hydroxyl groups is 1. The molecule has 2 heterocycles. The summed E-state index contributed by atoms with van der Waals surface area (Å²) in [5.74, 6) is 1.93. The Morgan fingerprint density at radius 1 is 1.42 bits per heavy atom. The fourth-order valence-electron chi connectivity index (χ4n) is 4.15. The molecule has 3 rings (SSSR count). The number of benzene rings is 1. The monoisotopic (exact) mass is 354 g/mol. The molecule has 1 aromatic heterocycles. The Kier molecular flexibility index (Phi) is 5.94. The van der Waals surface area contributed by atoms with Gasteiger partial charge in [0, 0.05) is 24.2 Å². The third kappa shape index (κ3) is 3.62. The largest absolute Gasteiger partial charge is 0.497 e. The summed E-state index contributed by atoms with van der Waals surface area (Å²) in [7, 11) is 1.66. The highest BCUT2D eigenvalue weighted by Gasteiger charge is 2.32. The van der Waals surface area contributed by atoms with Crippen molar-refractivity contribution < 1.29 is 9.84 Å². The number of methoxy groups -OCH3 is 1. The van der Waals surface area contributed by atoms with E-state index < -0.39 is 6.10 Å². The molecule has 1 aliphatic heterocycles. The van der Waals surface area contributed by atoms with Gasteiger partial charge >= 0.3 is 0 Å². The first-order valence-corrected chi connectivity index (χ1v) is 9.56. The number of aromatic nitrogens is 1. The molecule has 4 atom stereocenters. The Bertz CT molecular complexity index is 761. The van der Waals surface area contributed by atoms with Gasteiger partial charge in [-0.1, -0.05) is 19.9 Å². The lowest BCUT2D eigenvalue weighted by Crippen LogP contribution is -2.47. The maximum atomic E-state index is 11.3.